The molecule has 0 saturated heterocycles. The summed E-state index contributed by atoms with van der Waals surface area (Å²) in [6, 6.07) is 20.3. The minimum atomic E-state index is -4.01. The van der Waals surface area contributed by atoms with E-state index in [0.717, 1.165) is 15.6 Å². The average Bonchev–Trinajstić information content (AvgIpc) is 2.88. The number of hydrogen-bond acceptors (Lipinski definition) is 6. The van der Waals surface area contributed by atoms with E-state index in [1.165, 1.54) is 32.4 Å². The quantitative estimate of drug-likeness (QED) is 0.342. The first-order valence-electron chi connectivity index (χ1n) is 10.7. The molecule has 3 rings (SSSR count). The Bertz CT molecular complexity index is 1240. The van der Waals surface area contributed by atoms with E-state index >= 15 is 0 Å². The number of carbonyl (C=O) groups excluding carboxylic acids is 1. The van der Waals surface area contributed by atoms with Gasteiger partial charge in [-0.1, -0.05) is 48.0 Å². The highest BCUT2D eigenvalue weighted by Gasteiger charge is 2.28. The highest BCUT2D eigenvalue weighted by Crippen LogP contribution is 2.33. The van der Waals surface area contributed by atoms with E-state index in [0.29, 0.717) is 28.8 Å². The Morgan fingerprint density at radius 1 is 0.971 bits per heavy atom. The maximum atomic E-state index is 13.4. The summed E-state index contributed by atoms with van der Waals surface area (Å²) in [6.45, 7) is 0.000994. The highest BCUT2D eigenvalue weighted by atomic mass is 35.5. The molecule has 10 heteroatoms. The van der Waals surface area contributed by atoms with Gasteiger partial charge in [0.25, 0.3) is 10.0 Å². The van der Waals surface area contributed by atoms with Crippen LogP contribution in [0.5, 0.6) is 11.5 Å². The monoisotopic (exact) mass is 534 g/mol. The van der Waals surface area contributed by atoms with Crippen molar-refractivity contribution in [3.8, 4) is 11.5 Å². The van der Waals surface area contributed by atoms with Crippen LogP contribution in [0.4, 0.5) is 5.69 Å². The summed E-state index contributed by atoms with van der Waals surface area (Å²) in [5.74, 6) is 1.76. The van der Waals surface area contributed by atoms with E-state index in [1.54, 1.807) is 42.1 Å². The van der Waals surface area contributed by atoms with Crippen LogP contribution in [-0.4, -0.2) is 47.4 Å². The molecule has 7 nitrogen and oxygen atoms in total. The minimum absolute atomic E-state index is 0.0814. The first-order chi connectivity index (χ1) is 16.9. The molecular formula is C25H27ClN2O5S2. The summed E-state index contributed by atoms with van der Waals surface area (Å²) in [6.07, 6.45) is 0. The minimum Gasteiger partial charge on any atom is -0.493 e. The number of methoxy groups -OCH3 is 2. The van der Waals surface area contributed by atoms with Gasteiger partial charge in [0, 0.05) is 29.1 Å². The van der Waals surface area contributed by atoms with Gasteiger partial charge < -0.3 is 14.8 Å². The van der Waals surface area contributed by atoms with Crippen molar-refractivity contribution in [2.24, 2.45) is 0 Å². The van der Waals surface area contributed by atoms with Crippen LogP contribution in [0.3, 0.4) is 0 Å². The molecule has 0 aliphatic heterocycles. The zero-order valence-corrected chi connectivity index (χ0v) is 21.8. The Hall–Kier alpha value is -2.88. The number of amides is 1. The Labute approximate surface area is 215 Å². The second-order valence-corrected chi connectivity index (χ2v) is 10.7. The molecule has 0 radical (unpaired) electrons. The Morgan fingerprint density at radius 2 is 1.66 bits per heavy atom. The fourth-order valence-corrected chi connectivity index (χ4v) is 5.84. The van der Waals surface area contributed by atoms with Gasteiger partial charge in [-0.2, -0.15) is 11.8 Å². The van der Waals surface area contributed by atoms with Gasteiger partial charge in [-0.05, 0) is 35.9 Å². The van der Waals surface area contributed by atoms with Gasteiger partial charge in [0.2, 0.25) is 5.91 Å². The van der Waals surface area contributed by atoms with E-state index < -0.39 is 15.9 Å². The molecule has 0 spiro atoms. The largest absolute Gasteiger partial charge is 0.493 e. The van der Waals surface area contributed by atoms with Crippen LogP contribution in [0.2, 0.25) is 5.02 Å². The van der Waals surface area contributed by atoms with Crippen molar-refractivity contribution >= 4 is 45.0 Å². The van der Waals surface area contributed by atoms with Crippen LogP contribution in [0.15, 0.2) is 77.7 Å². The molecule has 35 heavy (non-hydrogen) atoms. The molecule has 0 aromatic heterocycles. The fraction of sp³-hybridized carbons (Fsp3) is 0.240. The summed E-state index contributed by atoms with van der Waals surface area (Å²) in [4.78, 5) is 12.8. The smallest absolute Gasteiger partial charge is 0.264 e. The molecule has 0 unspecified atom stereocenters. The van der Waals surface area contributed by atoms with Crippen LogP contribution in [0.1, 0.15) is 5.56 Å². The van der Waals surface area contributed by atoms with E-state index in [-0.39, 0.29) is 17.1 Å². The highest BCUT2D eigenvalue weighted by molar-refractivity contribution is 7.98. The van der Waals surface area contributed by atoms with Crippen LogP contribution in [0, 0.1) is 0 Å². The lowest BCUT2D eigenvalue weighted by Gasteiger charge is -2.25. The molecule has 1 N–H and O–H groups in total. The van der Waals surface area contributed by atoms with E-state index in [1.807, 2.05) is 24.3 Å². The second kappa shape index (κ2) is 12.7. The summed E-state index contributed by atoms with van der Waals surface area (Å²) in [5, 5.41) is 3.51. The number of hydrogen-bond donors (Lipinski definition) is 1. The lowest BCUT2D eigenvalue weighted by Crippen LogP contribution is -2.41. The van der Waals surface area contributed by atoms with Crippen molar-refractivity contribution in [1.29, 1.82) is 0 Å². The first kappa shape index (κ1) is 26.7. The number of nitrogens with one attached hydrogen (secondary N) is 1. The van der Waals surface area contributed by atoms with Gasteiger partial charge in [-0.3, -0.25) is 9.10 Å². The number of thioether (sulfide) groups is 1. The van der Waals surface area contributed by atoms with Crippen LogP contribution in [0.25, 0.3) is 0 Å². The van der Waals surface area contributed by atoms with Crippen molar-refractivity contribution < 1.29 is 22.7 Å². The summed E-state index contributed by atoms with van der Waals surface area (Å²) in [7, 11) is -1.06. The molecule has 0 aliphatic rings. The van der Waals surface area contributed by atoms with Gasteiger partial charge in [0.1, 0.15) is 6.54 Å². The molecule has 1 amide bonds. The van der Waals surface area contributed by atoms with Gasteiger partial charge in [0.15, 0.2) is 11.5 Å². The Morgan fingerprint density at radius 3 is 2.34 bits per heavy atom. The zero-order valence-electron chi connectivity index (χ0n) is 19.4. The van der Waals surface area contributed by atoms with Crippen molar-refractivity contribution in [2.45, 2.75) is 10.6 Å². The first-order valence-corrected chi connectivity index (χ1v) is 13.7. The maximum Gasteiger partial charge on any atom is 0.264 e. The van der Waals surface area contributed by atoms with Crippen molar-refractivity contribution in [3.63, 3.8) is 0 Å². The molecule has 186 valence electrons. The lowest BCUT2D eigenvalue weighted by atomic mass is 10.2. The molecule has 0 heterocycles. The van der Waals surface area contributed by atoms with E-state index in [2.05, 4.69) is 5.32 Å². The number of anilines is 1. The van der Waals surface area contributed by atoms with Gasteiger partial charge in [-0.15, -0.1) is 0 Å². The van der Waals surface area contributed by atoms with Crippen LogP contribution in [-0.2, 0) is 20.6 Å². The normalized spacial score (nSPS) is 11.1. The fourth-order valence-electron chi connectivity index (χ4n) is 3.26. The zero-order chi connectivity index (χ0) is 25.3. The molecule has 3 aromatic carbocycles. The van der Waals surface area contributed by atoms with Gasteiger partial charge >= 0.3 is 0 Å². The average molecular weight is 535 g/mol. The number of sulfonamides is 1. The predicted molar refractivity (Wildman–Crippen MR) is 141 cm³/mol. The molecule has 3 aromatic rings. The maximum absolute atomic E-state index is 13.4. The molecule has 0 bridgehead atoms. The third-order valence-corrected chi connectivity index (χ3v) is 8.22. The van der Waals surface area contributed by atoms with E-state index in [4.69, 9.17) is 21.1 Å². The summed E-state index contributed by atoms with van der Waals surface area (Å²) < 4.78 is 38.5. The molecule has 0 saturated carbocycles. The standard InChI is InChI=1S/C25H27ClN2O5S2/c1-32-23-13-12-20(16-24(23)33-2)28(35(30,31)21-9-4-3-5-10-21)17-25(29)27-14-15-34-18-19-8-6-7-11-22(19)26/h3-13,16H,14-15,17-18H2,1-2H3,(H,27,29). The SMILES string of the molecule is COc1ccc(N(CC(=O)NCCSCc2ccccc2Cl)S(=O)(=O)c2ccccc2)cc1OC. The van der Waals surface area contributed by atoms with Gasteiger partial charge in [0.05, 0.1) is 24.8 Å². The summed E-state index contributed by atoms with van der Waals surface area (Å²) >= 11 is 7.80. The molecule has 0 fully saturated rings. The van der Waals surface area contributed by atoms with Gasteiger partial charge in [-0.25, -0.2) is 8.42 Å². The second-order valence-electron chi connectivity index (χ2n) is 7.36. The number of rotatable bonds is 12. The van der Waals surface area contributed by atoms with E-state index in [9.17, 15) is 13.2 Å². The Kier molecular flexibility index (Phi) is 9.71. The third-order valence-electron chi connectivity index (χ3n) is 5.06. The topological polar surface area (TPSA) is 84.9 Å². The predicted octanol–water partition coefficient (Wildman–Crippen LogP) is 4.60. The molecule has 0 aliphatic carbocycles. The van der Waals surface area contributed by atoms with Crippen molar-refractivity contribution in [3.05, 3.63) is 83.4 Å². The van der Waals surface area contributed by atoms with Crippen molar-refractivity contribution in [2.75, 3.05) is 37.4 Å². The van der Waals surface area contributed by atoms with Crippen LogP contribution < -0.4 is 19.1 Å². The third kappa shape index (κ3) is 7.06. The number of benzene rings is 3. The Balaban J connectivity index is 1.71. The van der Waals surface area contributed by atoms with Crippen LogP contribution >= 0.6 is 23.4 Å². The van der Waals surface area contributed by atoms with Crippen molar-refractivity contribution in [1.82, 2.24) is 5.32 Å². The lowest BCUT2D eigenvalue weighted by molar-refractivity contribution is -0.119. The molecular weight excluding hydrogens is 508 g/mol. The summed E-state index contributed by atoms with van der Waals surface area (Å²) in [5.41, 5.74) is 1.31. The molecule has 0 atom stereocenters. The number of halogens is 1. The number of nitrogens with zero attached hydrogens (tertiary/aromatic N) is 1. The number of carbonyl (C=O) groups is 1. The number of ether oxygens (including phenoxy) is 2.